The molecule has 1 N–H and O–H groups in total. The number of hydrazone groups is 1. The molecule has 0 saturated carbocycles. The van der Waals surface area contributed by atoms with Crippen molar-refractivity contribution in [3.8, 4) is 5.69 Å². The van der Waals surface area contributed by atoms with E-state index in [2.05, 4.69) is 15.1 Å². The molecular weight excluding hydrogens is 580 g/mol. The molecule has 0 unspecified atom stereocenters. The minimum Gasteiger partial charge on any atom is -0.318 e. The van der Waals surface area contributed by atoms with Crippen LogP contribution >= 0.6 is 11.6 Å². The topological polar surface area (TPSA) is 83.8 Å². The number of hydrogen-bond donors (Lipinski definition) is 1. The number of carbonyl (C=O) groups excluding carboxylic acids is 1. The van der Waals surface area contributed by atoms with Crippen LogP contribution < -0.4 is 9.73 Å². The highest BCUT2D eigenvalue weighted by Gasteiger charge is 2.28. The van der Waals surface area contributed by atoms with E-state index in [1.807, 2.05) is 57.2 Å². The van der Waals surface area contributed by atoms with Crippen LogP contribution in [0.25, 0.3) is 5.69 Å². The van der Waals surface area contributed by atoms with Gasteiger partial charge in [-0.1, -0.05) is 71.8 Å². The number of para-hydroxylation sites is 2. The maximum absolute atomic E-state index is 14.0. The highest BCUT2D eigenvalue weighted by Crippen LogP contribution is 2.30. The predicted octanol–water partition coefficient (Wildman–Crippen LogP) is 7.22. The van der Waals surface area contributed by atoms with Crippen molar-refractivity contribution >= 4 is 39.4 Å². The minimum absolute atomic E-state index is 0.00753. The maximum Gasteiger partial charge on any atom is 0.273 e. The molecule has 0 atom stereocenters. The zero-order chi connectivity index (χ0) is 30.6. The molecule has 0 aliphatic rings. The Balaban J connectivity index is 1.46. The van der Waals surface area contributed by atoms with Crippen molar-refractivity contribution in [3.63, 3.8) is 0 Å². The number of benzene rings is 4. The number of nitrogens with zero attached hydrogens (tertiary/aromatic N) is 3. The van der Waals surface area contributed by atoms with Crippen LogP contribution in [0.3, 0.4) is 0 Å². The number of amides is 1. The predicted molar refractivity (Wildman–Crippen MR) is 173 cm³/mol. The summed E-state index contributed by atoms with van der Waals surface area (Å²) in [7, 11) is -4.05. The molecule has 9 heteroatoms. The zero-order valence-corrected chi connectivity index (χ0v) is 25.6. The van der Waals surface area contributed by atoms with E-state index in [0.29, 0.717) is 10.6 Å². The normalized spacial score (nSPS) is 11.5. The molecule has 4 aromatic carbocycles. The molecule has 1 heterocycles. The van der Waals surface area contributed by atoms with Crippen molar-refractivity contribution in [2.45, 2.75) is 32.2 Å². The second-order valence-corrected chi connectivity index (χ2v) is 12.5. The van der Waals surface area contributed by atoms with Gasteiger partial charge in [-0.25, -0.2) is 13.8 Å². The number of hydrogen-bond acceptors (Lipinski definition) is 4. The van der Waals surface area contributed by atoms with Crippen LogP contribution in [0.4, 0.5) is 5.69 Å². The number of halogens is 1. The van der Waals surface area contributed by atoms with E-state index in [-0.39, 0.29) is 22.7 Å². The molecule has 0 fully saturated rings. The number of anilines is 1. The Morgan fingerprint density at radius 1 is 0.884 bits per heavy atom. The smallest absolute Gasteiger partial charge is 0.273 e. The van der Waals surface area contributed by atoms with Crippen LogP contribution in [0.15, 0.2) is 119 Å². The van der Waals surface area contributed by atoms with Crippen LogP contribution in [0.2, 0.25) is 5.02 Å². The third-order valence-corrected chi connectivity index (χ3v) is 9.15. The minimum atomic E-state index is -4.05. The van der Waals surface area contributed by atoms with Crippen molar-refractivity contribution in [1.29, 1.82) is 0 Å². The largest absolute Gasteiger partial charge is 0.318 e. The van der Waals surface area contributed by atoms with Crippen molar-refractivity contribution in [3.05, 3.63) is 148 Å². The van der Waals surface area contributed by atoms with Gasteiger partial charge in [-0.3, -0.25) is 9.10 Å². The Morgan fingerprint density at radius 3 is 2.23 bits per heavy atom. The van der Waals surface area contributed by atoms with Gasteiger partial charge >= 0.3 is 0 Å². The lowest BCUT2D eigenvalue weighted by Crippen LogP contribution is -2.33. The quantitative estimate of drug-likeness (QED) is 0.141. The number of aryl methyl sites for hydroxylation is 2. The first-order chi connectivity index (χ1) is 20.6. The molecule has 0 spiro atoms. The lowest BCUT2D eigenvalue weighted by Gasteiger charge is -2.26. The van der Waals surface area contributed by atoms with E-state index < -0.39 is 15.9 Å². The van der Waals surface area contributed by atoms with Crippen molar-refractivity contribution in [2.75, 3.05) is 4.31 Å². The van der Waals surface area contributed by atoms with Gasteiger partial charge in [-0.15, -0.1) is 0 Å². The molecule has 0 aliphatic heterocycles. The number of rotatable bonds is 9. The summed E-state index contributed by atoms with van der Waals surface area (Å²) in [4.78, 5) is 13.6. The van der Waals surface area contributed by atoms with Gasteiger partial charge in [0.2, 0.25) is 0 Å². The van der Waals surface area contributed by atoms with Crippen molar-refractivity contribution in [1.82, 2.24) is 9.99 Å². The van der Waals surface area contributed by atoms with Crippen molar-refractivity contribution < 1.29 is 13.2 Å². The molecule has 0 saturated heterocycles. The van der Waals surface area contributed by atoms with Gasteiger partial charge in [0.05, 0.1) is 28.9 Å². The van der Waals surface area contributed by atoms with E-state index in [9.17, 15) is 13.2 Å². The molecule has 0 aliphatic carbocycles. The van der Waals surface area contributed by atoms with Gasteiger partial charge in [-0.05, 0) is 80.9 Å². The van der Waals surface area contributed by atoms with Crippen LogP contribution in [0.1, 0.15) is 38.4 Å². The molecule has 43 heavy (non-hydrogen) atoms. The lowest BCUT2D eigenvalue weighted by molar-refractivity contribution is 0.0955. The summed E-state index contributed by atoms with van der Waals surface area (Å²) in [6, 6.07) is 32.1. The molecule has 0 bridgehead atoms. The number of sulfonamides is 1. The molecule has 1 aromatic heterocycles. The van der Waals surface area contributed by atoms with Crippen LogP contribution in [-0.2, 0) is 16.6 Å². The average Bonchev–Trinajstić information content (AvgIpc) is 3.29. The second kappa shape index (κ2) is 12.7. The van der Waals surface area contributed by atoms with E-state index in [1.165, 1.54) is 4.31 Å². The number of nitrogens with one attached hydrogen (secondary N) is 1. The van der Waals surface area contributed by atoms with E-state index in [0.717, 1.165) is 28.2 Å². The Labute approximate surface area is 257 Å². The summed E-state index contributed by atoms with van der Waals surface area (Å²) in [5, 5.41) is 4.77. The maximum atomic E-state index is 14.0. The van der Waals surface area contributed by atoms with Gasteiger partial charge in [-0.2, -0.15) is 5.10 Å². The third kappa shape index (κ3) is 6.56. The Hall–Kier alpha value is -4.66. The number of aromatic nitrogens is 1. The molecular formula is C34H31ClN4O3S. The lowest BCUT2D eigenvalue weighted by atomic mass is 10.1. The van der Waals surface area contributed by atoms with E-state index in [1.54, 1.807) is 79.0 Å². The Bertz CT molecular complexity index is 1880. The summed E-state index contributed by atoms with van der Waals surface area (Å²) >= 11 is 6.08. The molecule has 0 radical (unpaired) electrons. The fraction of sp³-hybridized carbons (Fsp3) is 0.118. The summed E-state index contributed by atoms with van der Waals surface area (Å²) in [5.74, 6) is -0.538. The van der Waals surface area contributed by atoms with Gasteiger partial charge in [0.15, 0.2) is 0 Å². The SMILES string of the molecule is Cc1ccc(S(=O)(=O)N(Cc2ccc(Cl)cc2)c2ccccc2C(=O)N/N=C/c2cc(C)n(-c3ccccc3)c2C)cc1. The highest BCUT2D eigenvalue weighted by atomic mass is 35.5. The molecule has 218 valence electrons. The van der Waals surface area contributed by atoms with Gasteiger partial charge in [0.1, 0.15) is 0 Å². The monoisotopic (exact) mass is 610 g/mol. The van der Waals surface area contributed by atoms with E-state index >= 15 is 0 Å². The Kier molecular flexibility index (Phi) is 8.80. The number of carbonyl (C=O) groups is 1. The summed E-state index contributed by atoms with van der Waals surface area (Å²) < 4.78 is 31.4. The first kappa shape index (κ1) is 29.8. The summed E-state index contributed by atoms with van der Waals surface area (Å²) in [5.41, 5.74) is 8.51. The van der Waals surface area contributed by atoms with Crippen LogP contribution in [-0.4, -0.2) is 25.1 Å². The van der Waals surface area contributed by atoms with Crippen LogP contribution in [0.5, 0.6) is 0 Å². The van der Waals surface area contributed by atoms with Gasteiger partial charge < -0.3 is 4.57 Å². The average molecular weight is 611 g/mol. The second-order valence-electron chi connectivity index (χ2n) is 10.2. The first-order valence-corrected chi connectivity index (χ1v) is 15.5. The third-order valence-electron chi connectivity index (χ3n) is 7.12. The molecule has 5 aromatic rings. The Morgan fingerprint density at radius 2 is 1.53 bits per heavy atom. The first-order valence-electron chi connectivity index (χ1n) is 13.7. The van der Waals surface area contributed by atoms with Crippen LogP contribution in [0, 0.1) is 20.8 Å². The van der Waals surface area contributed by atoms with E-state index in [4.69, 9.17) is 11.6 Å². The summed E-state index contributed by atoms with van der Waals surface area (Å²) in [6.07, 6.45) is 1.59. The van der Waals surface area contributed by atoms with Gasteiger partial charge in [0.25, 0.3) is 15.9 Å². The standard InChI is InChI=1S/C34H31ClN4O3S/c1-24-13-19-31(20-14-24)43(41,42)38(23-27-15-17-29(35)18-16-27)33-12-8-7-11-32(33)34(40)37-36-22-28-21-25(2)39(26(28)3)30-9-5-4-6-10-30/h4-22H,23H2,1-3H3,(H,37,40)/b36-22+. The molecule has 5 rings (SSSR count). The van der Waals surface area contributed by atoms with Crippen molar-refractivity contribution in [2.24, 2.45) is 5.10 Å². The van der Waals surface area contributed by atoms with Gasteiger partial charge in [0, 0.05) is 27.7 Å². The fourth-order valence-electron chi connectivity index (χ4n) is 4.89. The highest BCUT2D eigenvalue weighted by molar-refractivity contribution is 7.92. The molecule has 7 nitrogen and oxygen atoms in total. The fourth-order valence-corrected chi connectivity index (χ4v) is 6.49. The molecule has 1 amide bonds. The zero-order valence-electron chi connectivity index (χ0n) is 24.0. The summed E-state index contributed by atoms with van der Waals surface area (Å²) in [6.45, 7) is 5.88.